The molecule has 0 heteroatoms. The molecule has 0 aliphatic heterocycles. The molecule has 0 fully saturated rings. The van der Waals surface area contributed by atoms with Crippen molar-refractivity contribution in [3.8, 4) is 0 Å². The van der Waals surface area contributed by atoms with Crippen LogP contribution in [0.4, 0.5) is 0 Å². The summed E-state index contributed by atoms with van der Waals surface area (Å²) in [7, 11) is 0. The monoisotopic (exact) mass is 184 g/mol. The van der Waals surface area contributed by atoms with Crippen molar-refractivity contribution in [2.45, 2.75) is 27.2 Å². The van der Waals surface area contributed by atoms with Gasteiger partial charge in [0.05, 0.1) is 0 Å². The number of hydrogen-bond donors (Lipinski definition) is 0. The predicted molar refractivity (Wildman–Crippen MR) is 63.3 cm³/mol. The molecule has 1 aromatic rings. The quantitative estimate of drug-likeness (QED) is 0.570. The number of hydrogen-bond acceptors (Lipinski definition) is 0. The lowest BCUT2D eigenvalue weighted by Crippen LogP contribution is -1.93. The van der Waals surface area contributed by atoms with Crippen molar-refractivity contribution in [3.05, 3.63) is 46.0 Å². The second-order valence-electron chi connectivity index (χ2n) is 4.00. The van der Waals surface area contributed by atoms with Crippen LogP contribution in [-0.2, 0) is 0 Å². The van der Waals surface area contributed by atoms with Gasteiger partial charge in [0.15, 0.2) is 0 Å². The van der Waals surface area contributed by atoms with Crippen LogP contribution in [0.25, 0.3) is 12.2 Å². The fraction of sp³-hybridized carbons (Fsp3) is 0.286. The maximum absolute atomic E-state index is 2.28. The Morgan fingerprint density at radius 2 is 1.50 bits per heavy atom. The number of aryl methyl sites for hydroxylation is 2. The summed E-state index contributed by atoms with van der Waals surface area (Å²) in [6.07, 6.45) is 10.0. The number of allylic oxidation sites excluding steroid dienone is 2. The van der Waals surface area contributed by atoms with Crippen molar-refractivity contribution in [2.75, 3.05) is 0 Å². The molecule has 1 aromatic carbocycles. The molecule has 14 heavy (non-hydrogen) atoms. The molecule has 1 aliphatic rings. The van der Waals surface area contributed by atoms with Gasteiger partial charge in [-0.1, -0.05) is 30.4 Å². The maximum atomic E-state index is 2.28. The van der Waals surface area contributed by atoms with E-state index in [9.17, 15) is 0 Å². The highest BCUT2D eigenvalue weighted by atomic mass is 14.1. The Labute approximate surface area is 86.0 Å². The predicted octanol–water partition coefficient (Wildman–Crippen LogP) is 4.04. The smallest absolute Gasteiger partial charge is 0.0153 e. The SMILES string of the molecule is Cc1cc(C)c2c(c1C)C=CCC=C2. The summed E-state index contributed by atoms with van der Waals surface area (Å²) < 4.78 is 0. The van der Waals surface area contributed by atoms with E-state index in [4.69, 9.17) is 0 Å². The zero-order chi connectivity index (χ0) is 10.1. The van der Waals surface area contributed by atoms with Gasteiger partial charge in [-0.25, -0.2) is 0 Å². The van der Waals surface area contributed by atoms with Crippen molar-refractivity contribution in [3.63, 3.8) is 0 Å². The minimum atomic E-state index is 1.05. The van der Waals surface area contributed by atoms with Crippen LogP contribution in [0.15, 0.2) is 18.2 Å². The molecule has 0 aromatic heterocycles. The third kappa shape index (κ3) is 1.41. The average Bonchev–Trinajstić information content (AvgIpc) is 2.39. The van der Waals surface area contributed by atoms with Crippen LogP contribution in [-0.4, -0.2) is 0 Å². The van der Waals surface area contributed by atoms with E-state index >= 15 is 0 Å². The summed E-state index contributed by atoms with van der Waals surface area (Å²) in [5.41, 5.74) is 6.97. The molecule has 0 heterocycles. The highest BCUT2D eigenvalue weighted by Crippen LogP contribution is 2.26. The van der Waals surface area contributed by atoms with Crippen LogP contribution in [0.1, 0.15) is 34.2 Å². The molecule has 0 spiro atoms. The summed E-state index contributed by atoms with van der Waals surface area (Å²) in [6, 6.07) is 2.28. The first-order chi connectivity index (χ1) is 6.70. The zero-order valence-corrected chi connectivity index (χ0v) is 9.09. The van der Waals surface area contributed by atoms with Crippen LogP contribution in [0.3, 0.4) is 0 Å². The van der Waals surface area contributed by atoms with E-state index < -0.39 is 0 Å². The molecule has 0 atom stereocenters. The zero-order valence-electron chi connectivity index (χ0n) is 9.09. The van der Waals surface area contributed by atoms with Crippen LogP contribution in [0.5, 0.6) is 0 Å². The molecule has 2 rings (SSSR count). The van der Waals surface area contributed by atoms with Gasteiger partial charge in [-0.3, -0.25) is 0 Å². The van der Waals surface area contributed by atoms with Gasteiger partial charge in [-0.2, -0.15) is 0 Å². The van der Waals surface area contributed by atoms with E-state index in [1.165, 1.54) is 27.8 Å². The van der Waals surface area contributed by atoms with E-state index in [1.807, 2.05) is 0 Å². The fourth-order valence-corrected chi connectivity index (χ4v) is 2.02. The summed E-state index contributed by atoms with van der Waals surface area (Å²) in [4.78, 5) is 0. The molecule has 1 aliphatic carbocycles. The van der Waals surface area contributed by atoms with E-state index in [2.05, 4.69) is 51.1 Å². The fourth-order valence-electron chi connectivity index (χ4n) is 2.02. The minimum Gasteiger partial charge on any atom is -0.0801 e. The lowest BCUT2D eigenvalue weighted by atomic mass is 9.93. The van der Waals surface area contributed by atoms with Gasteiger partial charge in [0.1, 0.15) is 0 Å². The Hall–Kier alpha value is -1.30. The van der Waals surface area contributed by atoms with Crippen LogP contribution in [0.2, 0.25) is 0 Å². The van der Waals surface area contributed by atoms with Gasteiger partial charge < -0.3 is 0 Å². The maximum Gasteiger partial charge on any atom is -0.0153 e. The van der Waals surface area contributed by atoms with Crippen LogP contribution < -0.4 is 0 Å². The second kappa shape index (κ2) is 3.45. The van der Waals surface area contributed by atoms with Gasteiger partial charge in [0.25, 0.3) is 0 Å². The summed E-state index contributed by atoms with van der Waals surface area (Å²) in [6.45, 7) is 6.58. The van der Waals surface area contributed by atoms with Gasteiger partial charge in [-0.05, 0) is 55.0 Å². The Balaban J connectivity index is 2.76. The van der Waals surface area contributed by atoms with Crippen LogP contribution in [0, 0.1) is 20.8 Å². The van der Waals surface area contributed by atoms with Crippen LogP contribution >= 0.6 is 0 Å². The summed E-state index contributed by atoms with van der Waals surface area (Å²) in [5.74, 6) is 0. The van der Waals surface area contributed by atoms with Crippen molar-refractivity contribution < 1.29 is 0 Å². The van der Waals surface area contributed by atoms with E-state index in [1.54, 1.807) is 0 Å². The Kier molecular flexibility index (Phi) is 2.28. The van der Waals surface area contributed by atoms with Crippen molar-refractivity contribution >= 4 is 12.2 Å². The molecule has 0 unspecified atom stereocenters. The third-order valence-corrected chi connectivity index (χ3v) is 2.98. The molecule has 0 saturated carbocycles. The highest BCUT2D eigenvalue weighted by Gasteiger charge is 2.07. The molecule has 0 saturated heterocycles. The first kappa shape index (κ1) is 9.26. The lowest BCUT2D eigenvalue weighted by molar-refractivity contribution is 1.27. The molecule has 0 nitrogen and oxygen atoms in total. The minimum absolute atomic E-state index is 1.05. The Morgan fingerprint density at radius 1 is 0.857 bits per heavy atom. The average molecular weight is 184 g/mol. The molecule has 0 radical (unpaired) electrons. The molecule has 0 bridgehead atoms. The molecule has 0 N–H and O–H groups in total. The van der Waals surface area contributed by atoms with E-state index in [0.717, 1.165) is 6.42 Å². The number of fused-ring (bicyclic) bond motifs is 1. The summed E-state index contributed by atoms with van der Waals surface area (Å²) >= 11 is 0. The van der Waals surface area contributed by atoms with Crippen molar-refractivity contribution in [1.29, 1.82) is 0 Å². The largest absolute Gasteiger partial charge is 0.0801 e. The Bertz CT molecular complexity index is 420. The van der Waals surface area contributed by atoms with Gasteiger partial charge in [0.2, 0.25) is 0 Å². The van der Waals surface area contributed by atoms with Gasteiger partial charge in [0, 0.05) is 0 Å². The van der Waals surface area contributed by atoms with E-state index in [-0.39, 0.29) is 0 Å². The normalized spacial score (nSPS) is 13.9. The topological polar surface area (TPSA) is 0 Å². The highest BCUT2D eigenvalue weighted by molar-refractivity contribution is 5.72. The molecule has 72 valence electrons. The molecular weight excluding hydrogens is 168 g/mol. The molecule has 0 amide bonds. The molecular formula is C14H16. The van der Waals surface area contributed by atoms with Gasteiger partial charge >= 0.3 is 0 Å². The number of benzene rings is 1. The lowest BCUT2D eigenvalue weighted by Gasteiger charge is -2.11. The first-order valence-corrected chi connectivity index (χ1v) is 5.14. The number of rotatable bonds is 0. The van der Waals surface area contributed by atoms with E-state index in [0.29, 0.717) is 0 Å². The third-order valence-electron chi connectivity index (χ3n) is 2.98. The second-order valence-corrected chi connectivity index (χ2v) is 4.00. The van der Waals surface area contributed by atoms with Crippen molar-refractivity contribution in [2.24, 2.45) is 0 Å². The standard InChI is InChI=1S/C14H16/c1-10-9-11(2)13-7-5-4-6-8-14(13)12(10)3/h5-9H,4H2,1-3H3. The van der Waals surface area contributed by atoms with Gasteiger partial charge in [-0.15, -0.1) is 0 Å². The summed E-state index contributed by atoms with van der Waals surface area (Å²) in [5, 5.41) is 0. The first-order valence-electron chi connectivity index (χ1n) is 5.14. The van der Waals surface area contributed by atoms with Crippen molar-refractivity contribution in [1.82, 2.24) is 0 Å². The Morgan fingerprint density at radius 3 is 2.21 bits per heavy atom.